The second-order valence-corrected chi connectivity index (χ2v) is 5.61. The summed E-state index contributed by atoms with van der Waals surface area (Å²) in [5.41, 5.74) is 1.08. The molecule has 0 N–H and O–H groups in total. The zero-order chi connectivity index (χ0) is 13.4. The predicted molar refractivity (Wildman–Crippen MR) is 75.4 cm³/mol. The van der Waals surface area contributed by atoms with Gasteiger partial charge in [0.2, 0.25) is 0 Å². The van der Waals surface area contributed by atoms with E-state index in [1.165, 1.54) is 12.8 Å². The van der Waals surface area contributed by atoms with Crippen LogP contribution in [0.2, 0.25) is 0 Å². The Morgan fingerprint density at radius 1 is 1.32 bits per heavy atom. The van der Waals surface area contributed by atoms with E-state index < -0.39 is 0 Å². The molecule has 1 fully saturated rings. The van der Waals surface area contributed by atoms with Crippen molar-refractivity contribution in [3.63, 3.8) is 0 Å². The van der Waals surface area contributed by atoms with Crippen LogP contribution in [0.1, 0.15) is 39.3 Å². The standard InChI is InChI=1S/C14H21N5/c1-4-12-7-13(19-14(17-12)15-9-16-19)18-8-10(2)5-6-11(18)3/h7,9-11H,4-6,8H2,1-3H3. The number of piperidine rings is 1. The van der Waals surface area contributed by atoms with Gasteiger partial charge in [-0.2, -0.15) is 14.6 Å². The van der Waals surface area contributed by atoms with Gasteiger partial charge in [-0.1, -0.05) is 13.8 Å². The lowest BCUT2D eigenvalue weighted by atomic mass is 9.95. The molecule has 3 heterocycles. The summed E-state index contributed by atoms with van der Waals surface area (Å²) in [7, 11) is 0. The van der Waals surface area contributed by atoms with E-state index in [1.54, 1.807) is 6.33 Å². The van der Waals surface area contributed by atoms with Crippen LogP contribution < -0.4 is 4.90 Å². The minimum Gasteiger partial charge on any atom is -0.353 e. The van der Waals surface area contributed by atoms with Crippen molar-refractivity contribution in [2.24, 2.45) is 5.92 Å². The summed E-state index contributed by atoms with van der Waals surface area (Å²) in [6, 6.07) is 2.71. The summed E-state index contributed by atoms with van der Waals surface area (Å²) in [5.74, 6) is 2.58. The second-order valence-electron chi connectivity index (χ2n) is 5.61. The molecule has 5 nitrogen and oxygen atoms in total. The van der Waals surface area contributed by atoms with E-state index in [9.17, 15) is 0 Å². The summed E-state index contributed by atoms with van der Waals surface area (Å²) in [6.45, 7) is 7.82. The average Bonchev–Trinajstić information content (AvgIpc) is 2.88. The molecule has 2 aromatic rings. The Morgan fingerprint density at radius 3 is 2.95 bits per heavy atom. The molecule has 0 amide bonds. The Labute approximate surface area is 113 Å². The summed E-state index contributed by atoms with van der Waals surface area (Å²) in [4.78, 5) is 11.2. The van der Waals surface area contributed by atoms with Crippen molar-refractivity contribution in [3.8, 4) is 0 Å². The number of hydrogen-bond donors (Lipinski definition) is 0. The fourth-order valence-electron chi connectivity index (χ4n) is 2.84. The van der Waals surface area contributed by atoms with Gasteiger partial charge >= 0.3 is 0 Å². The smallest absolute Gasteiger partial charge is 0.254 e. The largest absolute Gasteiger partial charge is 0.353 e. The van der Waals surface area contributed by atoms with Gasteiger partial charge in [0.25, 0.3) is 5.78 Å². The minimum absolute atomic E-state index is 0.552. The first-order valence-electron chi connectivity index (χ1n) is 7.15. The van der Waals surface area contributed by atoms with Gasteiger partial charge in [-0.3, -0.25) is 0 Å². The molecule has 19 heavy (non-hydrogen) atoms. The molecular formula is C14H21N5. The fraction of sp³-hybridized carbons (Fsp3) is 0.643. The minimum atomic E-state index is 0.552. The average molecular weight is 259 g/mol. The van der Waals surface area contributed by atoms with Gasteiger partial charge in [-0.15, -0.1) is 0 Å². The van der Waals surface area contributed by atoms with Crippen molar-refractivity contribution in [1.29, 1.82) is 0 Å². The van der Waals surface area contributed by atoms with Crippen LogP contribution in [0.5, 0.6) is 0 Å². The van der Waals surface area contributed by atoms with Gasteiger partial charge in [0.15, 0.2) is 0 Å². The first-order chi connectivity index (χ1) is 9.19. The van der Waals surface area contributed by atoms with Crippen LogP contribution in [0.4, 0.5) is 5.82 Å². The topological polar surface area (TPSA) is 46.3 Å². The molecule has 102 valence electrons. The van der Waals surface area contributed by atoms with E-state index in [0.29, 0.717) is 11.8 Å². The monoisotopic (exact) mass is 259 g/mol. The molecule has 2 unspecified atom stereocenters. The zero-order valence-electron chi connectivity index (χ0n) is 11.9. The molecular weight excluding hydrogens is 238 g/mol. The lowest BCUT2D eigenvalue weighted by molar-refractivity contribution is 0.386. The number of aromatic nitrogens is 4. The van der Waals surface area contributed by atoms with Crippen molar-refractivity contribution < 1.29 is 0 Å². The van der Waals surface area contributed by atoms with Gasteiger partial charge in [0.1, 0.15) is 12.1 Å². The van der Waals surface area contributed by atoms with E-state index >= 15 is 0 Å². The molecule has 0 bridgehead atoms. The Morgan fingerprint density at radius 2 is 2.16 bits per heavy atom. The lowest BCUT2D eigenvalue weighted by Crippen LogP contribution is -2.42. The maximum atomic E-state index is 4.52. The maximum absolute atomic E-state index is 4.52. The molecule has 1 aliphatic heterocycles. The van der Waals surface area contributed by atoms with Crippen molar-refractivity contribution >= 4 is 11.6 Å². The van der Waals surface area contributed by atoms with Crippen molar-refractivity contribution in [1.82, 2.24) is 19.6 Å². The van der Waals surface area contributed by atoms with Gasteiger partial charge in [0, 0.05) is 24.3 Å². The molecule has 2 atom stereocenters. The van der Waals surface area contributed by atoms with Crippen LogP contribution in [0.25, 0.3) is 5.78 Å². The molecule has 2 aromatic heterocycles. The SMILES string of the molecule is CCc1cc(N2CC(C)CCC2C)n2ncnc2n1. The third-order valence-electron chi connectivity index (χ3n) is 4.06. The van der Waals surface area contributed by atoms with Crippen molar-refractivity contribution in [3.05, 3.63) is 18.1 Å². The normalized spacial score (nSPS) is 24.1. The number of hydrogen-bond acceptors (Lipinski definition) is 4. The molecule has 0 spiro atoms. The number of nitrogens with zero attached hydrogens (tertiary/aromatic N) is 5. The maximum Gasteiger partial charge on any atom is 0.254 e. The van der Waals surface area contributed by atoms with Crippen LogP contribution >= 0.6 is 0 Å². The highest BCUT2D eigenvalue weighted by molar-refractivity contribution is 5.48. The highest BCUT2D eigenvalue weighted by Gasteiger charge is 2.25. The summed E-state index contributed by atoms with van der Waals surface area (Å²) in [5, 5.41) is 4.33. The van der Waals surface area contributed by atoms with E-state index in [4.69, 9.17) is 0 Å². The highest BCUT2D eigenvalue weighted by Crippen LogP contribution is 2.27. The van der Waals surface area contributed by atoms with Crippen LogP contribution in [-0.2, 0) is 6.42 Å². The molecule has 5 heteroatoms. The molecule has 3 rings (SSSR count). The van der Waals surface area contributed by atoms with Gasteiger partial charge in [0.05, 0.1) is 0 Å². The first-order valence-corrected chi connectivity index (χ1v) is 7.15. The van der Waals surface area contributed by atoms with Crippen LogP contribution in [0.3, 0.4) is 0 Å². The number of fused-ring (bicyclic) bond motifs is 1. The first kappa shape index (κ1) is 12.4. The Balaban J connectivity index is 2.09. The van der Waals surface area contributed by atoms with E-state index in [-0.39, 0.29) is 0 Å². The summed E-state index contributed by atoms with van der Waals surface area (Å²) < 4.78 is 1.87. The highest BCUT2D eigenvalue weighted by atomic mass is 15.4. The summed E-state index contributed by atoms with van der Waals surface area (Å²) >= 11 is 0. The molecule has 1 saturated heterocycles. The Bertz CT molecular complexity index is 576. The zero-order valence-corrected chi connectivity index (χ0v) is 11.9. The van der Waals surface area contributed by atoms with E-state index in [0.717, 1.165) is 30.4 Å². The number of aryl methyl sites for hydroxylation is 1. The van der Waals surface area contributed by atoms with Crippen molar-refractivity contribution in [2.75, 3.05) is 11.4 Å². The third-order valence-corrected chi connectivity index (χ3v) is 4.06. The fourth-order valence-corrected chi connectivity index (χ4v) is 2.84. The molecule has 0 saturated carbocycles. The quantitative estimate of drug-likeness (QED) is 0.830. The lowest BCUT2D eigenvalue weighted by Gasteiger charge is -2.38. The number of rotatable bonds is 2. The molecule has 0 aliphatic carbocycles. The Hall–Kier alpha value is -1.65. The van der Waals surface area contributed by atoms with Crippen LogP contribution in [0, 0.1) is 5.92 Å². The van der Waals surface area contributed by atoms with Crippen molar-refractivity contribution in [2.45, 2.75) is 46.1 Å². The van der Waals surface area contributed by atoms with Gasteiger partial charge < -0.3 is 4.90 Å². The van der Waals surface area contributed by atoms with Crippen LogP contribution in [0.15, 0.2) is 12.4 Å². The third kappa shape index (κ3) is 2.17. The van der Waals surface area contributed by atoms with Gasteiger partial charge in [-0.05, 0) is 32.1 Å². The van der Waals surface area contributed by atoms with E-state index in [1.807, 2.05) is 4.52 Å². The molecule has 0 aromatic carbocycles. The molecule has 1 aliphatic rings. The predicted octanol–water partition coefficient (Wildman–Crippen LogP) is 2.31. The van der Waals surface area contributed by atoms with Gasteiger partial charge in [-0.25, -0.2) is 4.98 Å². The second kappa shape index (κ2) is 4.79. The summed E-state index contributed by atoms with van der Waals surface area (Å²) in [6.07, 6.45) is 5.06. The van der Waals surface area contributed by atoms with Crippen LogP contribution in [-0.4, -0.2) is 32.2 Å². The number of anilines is 1. The molecule has 0 radical (unpaired) electrons. The van der Waals surface area contributed by atoms with E-state index in [2.05, 4.69) is 46.8 Å². The Kier molecular flexibility index (Phi) is 3.12.